The number of carbonyl (C=O) groups excluding carboxylic acids is 3. The van der Waals surface area contributed by atoms with Crippen molar-refractivity contribution in [3.63, 3.8) is 0 Å². The zero-order chi connectivity index (χ0) is 28.9. The van der Waals surface area contributed by atoms with Crippen LogP contribution in [0.4, 0.5) is 0 Å². The number of nitrogens with one attached hydrogen (secondary N) is 2. The Morgan fingerprint density at radius 2 is 1.93 bits per heavy atom. The number of halogens is 2. The smallest absolute Gasteiger partial charge is 0.248 e. The molecule has 14 heteroatoms. The summed E-state index contributed by atoms with van der Waals surface area (Å²) in [7, 11) is -4.31. The lowest BCUT2D eigenvalue weighted by Gasteiger charge is -2.53. The first kappa shape index (κ1) is 28.0. The van der Waals surface area contributed by atoms with Gasteiger partial charge in [-0.15, -0.1) is 0 Å². The van der Waals surface area contributed by atoms with E-state index < -0.39 is 46.1 Å². The molecule has 0 bridgehead atoms. The first-order chi connectivity index (χ1) is 19.6. The van der Waals surface area contributed by atoms with Crippen LogP contribution in [0.15, 0.2) is 59.9 Å². The Morgan fingerprint density at radius 1 is 1.12 bits per heavy atom. The van der Waals surface area contributed by atoms with Crippen LogP contribution >= 0.6 is 23.2 Å². The minimum absolute atomic E-state index is 0.0119. The molecule has 4 atom stereocenters. The normalized spacial score (nSPS) is 26.6. The van der Waals surface area contributed by atoms with E-state index in [1.807, 2.05) is 0 Å². The molecule has 1 aliphatic carbocycles. The summed E-state index contributed by atoms with van der Waals surface area (Å²) in [5.74, 6) is -1.21. The molecule has 216 valence electrons. The van der Waals surface area contributed by atoms with Crippen LogP contribution in [0.25, 0.3) is 0 Å². The fourth-order valence-corrected chi connectivity index (χ4v) is 8.03. The summed E-state index contributed by atoms with van der Waals surface area (Å²) in [6, 6.07) is 4.82. The van der Waals surface area contributed by atoms with Crippen LogP contribution in [-0.4, -0.2) is 88.7 Å². The van der Waals surface area contributed by atoms with Crippen molar-refractivity contribution in [3.8, 4) is 0 Å². The molecule has 2 saturated heterocycles. The number of rotatable bonds is 7. The molecule has 3 fully saturated rings. The average Bonchev–Trinajstić information content (AvgIpc) is 3.63. The number of fused-ring (bicyclic) bond motifs is 1. The molecular formula is C27H28Cl2N6O5S. The van der Waals surface area contributed by atoms with Crippen molar-refractivity contribution in [1.82, 2.24) is 29.7 Å². The Labute approximate surface area is 247 Å². The van der Waals surface area contributed by atoms with E-state index in [4.69, 9.17) is 23.2 Å². The van der Waals surface area contributed by atoms with Crippen LogP contribution in [0.2, 0.25) is 10.0 Å². The summed E-state index contributed by atoms with van der Waals surface area (Å²) in [4.78, 5) is 48.0. The molecule has 3 aliphatic heterocycles. The van der Waals surface area contributed by atoms with Gasteiger partial charge in [0, 0.05) is 36.4 Å². The molecule has 41 heavy (non-hydrogen) atoms. The fourth-order valence-electron chi connectivity index (χ4n) is 5.69. The molecule has 0 radical (unpaired) electrons. The Bertz CT molecular complexity index is 1510. The minimum atomic E-state index is -4.31. The number of nitrogens with zero attached hydrogens (tertiary/aromatic N) is 4. The Morgan fingerprint density at radius 3 is 2.59 bits per heavy atom. The molecule has 3 amide bonds. The average molecular weight is 620 g/mol. The predicted molar refractivity (Wildman–Crippen MR) is 150 cm³/mol. The summed E-state index contributed by atoms with van der Waals surface area (Å²) in [5, 5.41) is 5.86. The van der Waals surface area contributed by atoms with E-state index >= 15 is 0 Å². The second-order valence-corrected chi connectivity index (χ2v) is 13.3. The second kappa shape index (κ2) is 10.9. The van der Waals surface area contributed by atoms with E-state index in [2.05, 4.69) is 15.6 Å². The maximum absolute atomic E-state index is 14.2. The molecule has 4 aliphatic rings. The van der Waals surface area contributed by atoms with Crippen molar-refractivity contribution in [2.45, 2.75) is 60.9 Å². The van der Waals surface area contributed by atoms with E-state index in [-0.39, 0.29) is 46.4 Å². The highest BCUT2D eigenvalue weighted by atomic mass is 35.5. The van der Waals surface area contributed by atoms with Gasteiger partial charge in [-0.1, -0.05) is 35.3 Å². The topological polar surface area (TPSA) is 132 Å². The van der Waals surface area contributed by atoms with Gasteiger partial charge < -0.3 is 20.4 Å². The van der Waals surface area contributed by atoms with Crippen molar-refractivity contribution in [3.05, 3.63) is 70.6 Å². The highest BCUT2D eigenvalue weighted by molar-refractivity contribution is 7.89. The zero-order valence-corrected chi connectivity index (χ0v) is 24.1. The van der Waals surface area contributed by atoms with Crippen LogP contribution < -0.4 is 10.6 Å². The van der Waals surface area contributed by atoms with Gasteiger partial charge in [0.2, 0.25) is 27.7 Å². The first-order valence-electron chi connectivity index (χ1n) is 13.3. The lowest BCUT2D eigenvalue weighted by Crippen LogP contribution is -2.76. The number of hydrogen-bond acceptors (Lipinski definition) is 7. The summed E-state index contributed by atoms with van der Waals surface area (Å²) in [6.07, 6.45) is 7.86. The summed E-state index contributed by atoms with van der Waals surface area (Å²) < 4.78 is 29.6. The maximum Gasteiger partial charge on any atom is 0.248 e. The zero-order valence-electron chi connectivity index (χ0n) is 21.8. The molecule has 11 nitrogen and oxygen atoms in total. The van der Waals surface area contributed by atoms with Crippen LogP contribution in [-0.2, 0) is 30.8 Å². The van der Waals surface area contributed by atoms with Gasteiger partial charge in [-0.25, -0.2) is 8.42 Å². The number of aromatic nitrogens is 1. The molecule has 1 aromatic carbocycles. The number of pyridine rings is 1. The molecule has 0 spiro atoms. The molecule has 2 N–H and O–H groups in total. The summed E-state index contributed by atoms with van der Waals surface area (Å²) in [5.41, 5.74) is 0.720. The largest absolute Gasteiger partial charge is 0.380 e. The molecule has 6 rings (SSSR count). The molecular weight excluding hydrogens is 591 g/mol. The van der Waals surface area contributed by atoms with E-state index in [1.165, 1.54) is 27.4 Å². The van der Waals surface area contributed by atoms with Gasteiger partial charge in [0.25, 0.3) is 0 Å². The van der Waals surface area contributed by atoms with Crippen molar-refractivity contribution in [1.29, 1.82) is 0 Å². The van der Waals surface area contributed by atoms with E-state index in [1.54, 1.807) is 41.7 Å². The summed E-state index contributed by atoms with van der Waals surface area (Å²) >= 11 is 12.4. The first-order valence-corrected chi connectivity index (χ1v) is 15.5. The fraction of sp³-hybridized carbons (Fsp3) is 0.407. The number of amides is 3. The van der Waals surface area contributed by atoms with Crippen molar-refractivity contribution >= 4 is 50.9 Å². The Hall–Kier alpha value is -3.19. The van der Waals surface area contributed by atoms with E-state index in [0.29, 0.717) is 6.42 Å². The third-order valence-electron chi connectivity index (χ3n) is 7.87. The lowest BCUT2D eigenvalue weighted by atomic mass is 9.97. The highest BCUT2D eigenvalue weighted by Crippen LogP contribution is 2.38. The SMILES string of the molecule is O=C(NC1CN(S(=O)(=O)c2ccc(Cl)cc2Cl)C2CN(C3CC3)C(=O)C(Cc3cccnc3)N2C1=O)C1CC=CN1. The van der Waals surface area contributed by atoms with Crippen LogP contribution in [0, 0.1) is 0 Å². The summed E-state index contributed by atoms with van der Waals surface area (Å²) in [6.45, 7) is -0.308. The molecule has 4 heterocycles. The quantitative estimate of drug-likeness (QED) is 0.481. The third kappa shape index (κ3) is 5.29. The van der Waals surface area contributed by atoms with Crippen molar-refractivity contribution < 1.29 is 22.8 Å². The third-order valence-corrected chi connectivity index (χ3v) is 10.5. The van der Waals surface area contributed by atoms with Crippen LogP contribution in [0.3, 0.4) is 0 Å². The van der Waals surface area contributed by atoms with Crippen LogP contribution in [0.1, 0.15) is 24.8 Å². The number of hydrogen-bond donors (Lipinski definition) is 2. The van der Waals surface area contributed by atoms with Gasteiger partial charge in [0.15, 0.2) is 0 Å². The Balaban J connectivity index is 1.42. The standard InChI is InChI=1S/C27H28Cl2N6O5S/c28-17-5-8-23(19(29)12-17)41(39,40)34-14-21(32-25(36)20-4-2-10-31-20)26(37)35-22(11-16-3-1-9-30-13-16)27(38)33(15-24(34)35)18-6-7-18/h1-3,5,8-10,12-13,18,20-22,24,31H,4,6-7,11,14-15H2,(H,32,36). The van der Waals surface area contributed by atoms with Crippen LogP contribution in [0.5, 0.6) is 0 Å². The van der Waals surface area contributed by atoms with Gasteiger partial charge in [0.1, 0.15) is 29.2 Å². The highest BCUT2D eigenvalue weighted by Gasteiger charge is 2.56. The van der Waals surface area contributed by atoms with Gasteiger partial charge in [-0.05, 0) is 55.3 Å². The lowest BCUT2D eigenvalue weighted by molar-refractivity contribution is -0.168. The van der Waals surface area contributed by atoms with Gasteiger partial charge in [-0.3, -0.25) is 19.4 Å². The number of carbonyl (C=O) groups is 3. The number of piperazine rings is 1. The number of sulfonamides is 1. The minimum Gasteiger partial charge on any atom is -0.380 e. The van der Waals surface area contributed by atoms with E-state index in [9.17, 15) is 22.8 Å². The molecule has 4 unspecified atom stereocenters. The van der Waals surface area contributed by atoms with Gasteiger partial charge in [0.05, 0.1) is 11.6 Å². The second-order valence-electron chi connectivity index (χ2n) is 10.6. The van der Waals surface area contributed by atoms with Crippen molar-refractivity contribution in [2.75, 3.05) is 13.1 Å². The molecule has 1 saturated carbocycles. The number of benzene rings is 1. The molecule has 2 aromatic rings. The van der Waals surface area contributed by atoms with Gasteiger partial charge in [-0.2, -0.15) is 4.31 Å². The van der Waals surface area contributed by atoms with Gasteiger partial charge >= 0.3 is 0 Å². The predicted octanol–water partition coefficient (Wildman–Crippen LogP) is 1.52. The monoisotopic (exact) mass is 618 g/mol. The van der Waals surface area contributed by atoms with Crippen molar-refractivity contribution in [2.24, 2.45) is 0 Å². The van der Waals surface area contributed by atoms with E-state index in [0.717, 1.165) is 18.4 Å². The maximum atomic E-state index is 14.2. The molecule has 1 aromatic heterocycles. The Kier molecular flexibility index (Phi) is 7.43.